The van der Waals surface area contributed by atoms with Gasteiger partial charge in [0.05, 0.1) is 18.3 Å². The Balaban J connectivity index is 1.99. The van der Waals surface area contributed by atoms with Crippen LogP contribution in [-0.2, 0) is 32.3 Å². The van der Waals surface area contributed by atoms with Gasteiger partial charge in [0.1, 0.15) is 12.6 Å². The molecule has 0 unspecified atom stereocenters. The number of amides is 3. The van der Waals surface area contributed by atoms with Gasteiger partial charge in [-0.2, -0.15) is 0 Å². The van der Waals surface area contributed by atoms with Gasteiger partial charge in [0.25, 0.3) is 5.91 Å². The van der Waals surface area contributed by atoms with Crippen LogP contribution in [0.5, 0.6) is 0 Å². The number of hydrogen-bond acceptors (Lipinski definition) is 6. The Bertz CT molecular complexity index is 982. The van der Waals surface area contributed by atoms with Crippen molar-refractivity contribution in [1.29, 1.82) is 0 Å². The third kappa shape index (κ3) is 10.2. The second-order valence-corrected chi connectivity index (χ2v) is 8.95. The molecule has 0 fully saturated rings. The molecule has 9 heteroatoms. The standard InChI is InChI=1S/C27H36N4O5/c1-4-10-22(24(32)26(34)29-17-21-13-8-9-16-28-21)30-25(33)23(15-14-19(2)3)31-27(35)36-18-20-11-6-5-7-12-20/h5-9,11-13,16,19,22-23H,4,10,14-15,17-18H2,1-3H3,(H,29,34)(H,30,33)(H,31,35)/t22-,23-/m0/s1. The normalized spacial score (nSPS) is 12.3. The predicted molar refractivity (Wildman–Crippen MR) is 136 cm³/mol. The van der Waals surface area contributed by atoms with Gasteiger partial charge in [0.15, 0.2) is 0 Å². The van der Waals surface area contributed by atoms with Gasteiger partial charge in [-0.05, 0) is 42.9 Å². The molecule has 1 heterocycles. The van der Waals surface area contributed by atoms with E-state index in [0.29, 0.717) is 30.9 Å². The van der Waals surface area contributed by atoms with Crippen molar-refractivity contribution in [1.82, 2.24) is 20.9 Å². The van der Waals surface area contributed by atoms with Crippen molar-refractivity contribution in [2.24, 2.45) is 5.92 Å². The number of aromatic nitrogens is 1. The van der Waals surface area contributed by atoms with E-state index >= 15 is 0 Å². The van der Waals surface area contributed by atoms with E-state index in [-0.39, 0.29) is 19.6 Å². The second kappa shape index (κ2) is 15.3. The van der Waals surface area contributed by atoms with Crippen molar-refractivity contribution in [3.8, 4) is 0 Å². The first kappa shape index (κ1) is 28.5. The molecule has 0 aliphatic heterocycles. The number of nitrogens with zero attached hydrogens (tertiary/aromatic N) is 1. The Morgan fingerprint density at radius 2 is 1.61 bits per heavy atom. The van der Waals surface area contributed by atoms with E-state index in [4.69, 9.17) is 4.74 Å². The number of ether oxygens (including phenoxy) is 1. The molecule has 3 N–H and O–H groups in total. The summed E-state index contributed by atoms with van der Waals surface area (Å²) in [4.78, 5) is 54.9. The summed E-state index contributed by atoms with van der Waals surface area (Å²) >= 11 is 0. The van der Waals surface area contributed by atoms with Crippen molar-refractivity contribution < 1.29 is 23.9 Å². The molecular weight excluding hydrogens is 460 g/mol. The summed E-state index contributed by atoms with van der Waals surface area (Å²) in [6, 6.07) is 12.6. The lowest BCUT2D eigenvalue weighted by Crippen LogP contribution is -2.53. The molecule has 1 aromatic heterocycles. The molecular formula is C27H36N4O5. The predicted octanol–water partition coefficient (Wildman–Crippen LogP) is 3.28. The number of nitrogens with one attached hydrogen (secondary N) is 3. The molecule has 0 aliphatic carbocycles. The molecule has 3 amide bonds. The Kier molecular flexibility index (Phi) is 12.1. The maximum atomic E-state index is 13.1. The van der Waals surface area contributed by atoms with E-state index in [1.807, 2.05) is 51.1 Å². The van der Waals surface area contributed by atoms with Gasteiger partial charge in [-0.25, -0.2) is 4.79 Å². The summed E-state index contributed by atoms with van der Waals surface area (Å²) in [5.74, 6) is -1.77. The second-order valence-electron chi connectivity index (χ2n) is 8.95. The number of Topliss-reactive ketones (excluding diaryl/α,β-unsaturated/α-hetero) is 1. The van der Waals surface area contributed by atoms with Crippen LogP contribution in [0, 0.1) is 5.92 Å². The first-order chi connectivity index (χ1) is 17.3. The maximum Gasteiger partial charge on any atom is 0.408 e. The third-order valence-electron chi connectivity index (χ3n) is 5.44. The van der Waals surface area contributed by atoms with Crippen molar-refractivity contribution in [3.63, 3.8) is 0 Å². The van der Waals surface area contributed by atoms with Crippen molar-refractivity contribution in [3.05, 3.63) is 66.0 Å². The zero-order valence-electron chi connectivity index (χ0n) is 21.2. The zero-order chi connectivity index (χ0) is 26.3. The van der Waals surface area contributed by atoms with E-state index in [1.165, 1.54) is 0 Å². The largest absolute Gasteiger partial charge is 0.445 e. The molecule has 2 atom stereocenters. The van der Waals surface area contributed by atoms with Gasteiger partial charge in [-0.3, -0.25) is 19.4 Å². The molecule has 0 saturated carbocycles. The highest BCUT2D eigenvalue weighted by Gasteiger charge is 2.30. The fourth-order valence-electron chi connectivity index (χ4n) is 3.42. The van der Waals surface area contributed by atoms with Crippen LogP contribution in [0.1, 0.15) is 57.7 Å². The first-order valence-corrected chi connectivity index (χ1v) is 12.3. The average Bonchev–Trinajstić information content (AvgIpc) is 2.88. The van der Waals surface area contributed by atoms with Crippen LogP contribution < -0.4 is 16.0 Å². The average molecular weight is 497 g/mol. The van der Waals surface area contributed by atoms with E-state index in [9.17, 15) is 19.2 Å². The summed E-state index contributed by atoms with van der Waals surface area (Å²) < 4.78 is 5.26. The van der Waals surface area contributed by atoms with Crippen LogP contribution in [0.15, 0.2) is 54.7 Å². The Morgan fingerprint density at radius 1 is 0.889 bits per heavy atom. The highest BCUT2D eigenvalue weighted by atomic mass is 16.5. The van der Waals surface area contributed by atoms with Gasteiger partial charge >= 0.3 is 6.09 Å². The zero-order valence-corrected chi connectivity index (χ0v) is 21.2. The molecule has 0 bridgehead atoms. The van der Waals surface area contributed by atoms with Gasteiger partial charge in [0.2, 0.25) is 11.7 Å². The van der Waals surface area contributed by atoms with Gasteiger partial charge in [0, 0.05) is 6.20 Å². The van der Waals surface area contributed by atoms with Crippen LogP contribution in [0.25, 0.3) is 0 Å². The van der Waals surface area contributed by atoms with Crippen LogP contribution in [-0.4, -0.2) is 40.8 Å². The molecule has 194 valence electrons. The fourth-order valence-corrected chi connectivity index (χ4v) is 3.42. The highest BCUT2D eigenvalue weighted by molar-refractivity contribution is 6.38. The SMILES string of the molecule is CCC[C@H](NC(=O)[C@H](CCC(C)C)NC(=O)OCc1ccccc1)C(=O)C(=O)NCc1ccccn1. The molecule has 9 nitrogen and oxygen atoms in total. The molecule has 0 radical (unpaired) electrons. The smallest absolute Gasteiger partial charge is 0.408 e. The quantitative estimate of drug-likeness (QED) is 0.345. The maximum absolute atomic E-state index is 13.1. The minimum Gasteiger partial charge on any atom is -0.445 e. The number of carbonyl (C=O) groups is 4. The lowest BCUT2D eigenvalue weighted by Gasteiger charge is -2.23. The molecule has 1 aromatic carbocycles. The number of alkyl carbamates (subject to hydrolysis) is 1. The van der Waals surface area contributed by atoms with Crippen LogP contribution >= 0.6 is 0 Å². The minimum atomic E-state index is -1.00. The highest BCUT2D eigenvalue weighted by Crippen LogP contribution is 2.10. The number of ketones is 1. The lowest BCUT2D eigenvalue weighted by atomic mass is 10.0. The van der Waals surface area contributed by atoms with Crippen LogP contribution in [0.2, 0.25) is 0 Å². The van der Waals surface area contributed by atoms with E-state index in [2.05, 4.69) is 20.9 Å². The molecule has 0 saturated heterocycles. The fraction of sp³-hybridized carbons (Fsp3) is 0.444. The molecule has 0 spiro atoms. The number of rotatable bonds is 14. The van der Waals surface area contributed by atoms with Crippen molar-refractivity contribution in [2.45, 2.75) is 71.7 Å². The van der Waals surface area contributed by atoms with Gasteiger partial charge in [-0.1, -0.05) is 63.6 Å². The summed E-state index contributed by atoms with van der Waals surface area (Å²) in [5.41, 5.74) is 1.43. The minimum absolute atomic E-state index is 0.0680. The molecule has 2 rings (SSSR count). The number of carbonyl (C=O) groups excluding carboxylic acids is 4. The summed E-state index contributed by atoms with van der Waals surface area (Å²) in [6.07, 6.45) is 2.77. The molecule has 0 aliphatic rings. The molecule has 2 aromatic rings. The van der Waals surface area contributed by atoms with Gasteiger partial charge in [-0.15, -0.1) is 0 Å². The molecule has 36 heavy (non-hydrogen) atoms. The summed E-state index contributed by atoms with van der Waals surface area (Å²) in [5, 5.41) is 7.83. The Morgan fingerprint density at radius 3 is 2.25 bits per heavy atom. The van der Waals surface area contributed by atoms with Crippen molar-refractivity contribution in [2.75, 3.05) is 0 Å². The van der Waals surface area contributed by atoms with Crippen LogP contribution in [0.3, 0.4) is 0 Å². The van der Waals surface area contributed by atoms with E-state index in [0.717, 1.165) is 5.56 Å². The van der Waals surface area contributed by atoms with E-state index < -0.39 is 35.8 Å². The Labute approximate surface area is 212 Å². The lowest BCUT2D eigenvalue weighted by molar-refractivity contribution is -0.140. The van der Waals surface area contributed by atoms with Gasteiger partial charge < -0.3 is 20.7 Å². The number of pyridine rings is 1. The monoisotopic (exact) mass is 496 g/mol. The van der Waals surface area contributed by atoms with E-state index in [1.54, 1.807) is 24.4 Å². The topological polar surface area (TPSA) is 126 Å². The summed E-state index contributed by atoms with van der Waals surface area (Å²) in [6.45, 7) is 6.05. The third-order valence-corrected chi connectivity index (χ3v) is 5.44. The first-order valence-electron chi connectivity index (χ1n) is 12.3. The van der Waals surface area contributed by atoms with Crippen molar-refractivity contribution >= 4 is 23.7 Å². The Hall–Kier alpha value is -3.75. The number of hydrogen-bond donors (Lipinski definition) is 3. The number of benzene rings is 1. The van der Waals surface area contributed by atoms with Crippen LogP contribution in [0.4, 0.5) is 4.79 Å². The summed E-state index contributed by atoms with van der Waals surface area (Å²) in [7, 11) is 0.